The highest BCUT2D eigenvalue weighted by molar-refractivity contribution is 7.80. The SMILES string of the molecule is CCc1c(-c2ccc(O)c(CN3CCOCC3)c2)ssc1=S. The van der Waals surface area contributed by atoms with Gasteiger partial charge in [-0.2, -0.15) is 0 Å². The van der Waals surface area contributed by atoms with Crippen LogP contribution in [0.5, 0.6) is 5.75 Å². The molecule has 1 fully saturated rings. The van der Waals surface area contributed by atoms with Crippen molar-refractivity contribution in [3.63, 3.8) is 0 Å². The van der Waals surface area contributed by atoms with E-state index in [0.717, 1.165) is 54.2 Å². The van der Waals surface area contributed by atoms with Gasteiger partial charge < -0.3 is 9.84 Å². The van der Waals surface area contributed by atoms with Crippen molar-refractivity contribution < 1.29 is 9.84 Å². The van der Waals surface area contributed by atoms with Crippen molar-refractivity contribution in [1.82, 2.24) is 4.90 Å². The molecule has 0 unspecified atom stereocenters. The molecule has 1 aromatic heterocycles. The monoisotopic (exact) mass is 353 g/mol. The molecule has 3 nitrogen and oxygen atoms in total. The van der Waals surface area contributed by atoms with E-state index in [2.05, 4.69) is 17.9 Å². The zero-order valence-electron chi connectivity index (χ0n) is 12.5. The lowest BCUT2D eigenvalue weighted by Gasteiger charge is -2.27. The van der Waals surface area contributed by atoms with Gasteiger partial charge in [0.1, 0.15) is 9.57 Å². The Labute approximate surface area is 143 Å². The molecule has 1 N–H and O–H groups in total. The Morgan fingerprint density at radius 1 is 1.27 bits per heavy atom. The number of phenols is 1. The first-order valence-electron chi connectivity index (χ1n) is 7.43. The zero-order chi connectivity index (χ0) is 15.5. The van der Waals surface area contributed by atoms with Crippen LogP contribution in [-0.4, -0.2) is 36.3 Å². The number of hydrogen-bond acceptors (Lipinski definition) is 6. The molecule has 0 saturated carbocycles. The Morgan fingerprint density at radius 3 is 2.77 bits per heavy atom. The number of morpholine rings is 1. The number of aromatic hydroxyl groups is 1. The van der Waals surface area contributed by atoms with E-state index in [1.54, 1.807) is 26.7 Å². The molecular formula is C16H19NO2S3. The fraction of sp³-hybridized carbons (Fsp3) is 0.438. The maximum Gasteiger partial charge on any atom is 0.120 e. The summed E-state index contributed by atoms with van der Waals surface area (Å²) in [5.41, 5.74) is 3.40. The van der Waals surface area contributed by atoms with Crippen LogP contribution in [-0.2, 0) is 17.7 Å². The summed E-state index contributed by atoms with van der Waals surface area (Å²) in [5.74, 6) is 0.368. The van der Waals surface area contributed by atoms with E-state index in [0.29, 0.717) is 5.75 Å². The summed E-state index contributed by atoms with van der Waals surface area (Å²) in [6.45, 7) is 6.28. The number of phenolic OH excluding ortho intramolecular Hbond substituents is 1. The van der Waals surface area contributed by atoms with E-state index in [-0.39, 0.29) is 0 Å². The molecule has 0 spiro atoms. The van der Waals surface area contributed by atoms with Crippen LogP contribution < -0.4 is 0 Å². The smallest absolute Gasteiger partial charge is 0.120 e. The van der Waals surface area contributed by atoms with Gasteiger partial charge in [0, 0.05) is 25.2 Å². The first kappa shape index (κ1) is 16.1. The molecule has 0 atom stereocenters. The molecule has 2 heterocycles. The second-order valence-corrected chi connectivity index (χ2v) is 8.16. The quantitative estimate of drug-likeness (QED) is 0.656. The van der Waals surface area contributed by atoms with Gasteiger partial charge in [0.2, 0.25) is 0 Å². The van der Waals surface area contributed by atoms with Gasteiger partial charge in [0.05, 0.1) is 18.1 Å². The van der Waals surface area contributed by atoms with E-state index in [4.69, 9.17) is 17.0 Å². The van der Waals surface area contributed by atoms with Crippen LogP contribution in [0.1, 0.15) is 18.1 Å². The predicted molar refractivity (Wildman–Crippen MR) is 95.6 cm³/mol. The van der Waals surface area contributed by atoms with Crippen molar-refractivity contribution in [2.75, 3.05) is 26.3 Å². The lowest BCUT2D eigenvalue weighted by Crippen LogP contribution is -2.35. The zero-order valence-corrected chi connectivity index (χ0v) is 15.0. The topological polar surface area (TPSA) is 32.7 Å². The number of ether oxygens (including phenoxy) is 1. The average Bonchev–Trinajstić information content (AvgIpc) is 2.91. The molecule has 118 valence electrons. The van der Waals surface area contributed by atoms with Gasteiger partial charge in [-0.3, -0.25) is 4.90 Å². The summed E-state index contributed by atoms with van der Waals surface area (Å²) in [4.78, 5) is 3.57. The molecule has 3 rings (SSSR count). The van der Waals surface area contributed by atoms with Gasteiger partial charge in [0.25, 0.3) is 0 Å². The van der Waals surface area contributed by atoms with E-state index >= 15 is 0 Å². The number of benzene rings is 1. The largest absolute Gasteiger partial charge is 0.508 e. The van der Waals surface area contributed by atoms with Crippen molar-refractivity contribution in [3.05, 3.63) is 33.1 Å². The summed E-state index contributed by atoms with van der Waals surface area (Å²) in [5, 5.41) is 10.2. The van der Waals surface area contributed by atoms with Crippen LogP contribution in [0.4, 0.5) is 0 Å². The third-order valence-corrected chi connectivity index (χ3v) is 7.11. The molecular weight excluding hydrogens is 334 g/mol. The summed E-state index contributed by atoms with van der Waals surface area (Å²) in [6.07, 6.45) is 0.952. The minimum absolute atomic E-state index is 0.368. The maximum absolute atomic E-state index is 10.2. The van der Waals surface area contributed by atoms with Crippen LogP contribution in [0.3, 0.4) is 0 Å². The number of hydrogen-bond donors (Lipinski definition) is 1. The van der Waals surface area contributed by atoms with Crippen LogP contribution in [0, 0.1) is 3.82 Å². The molecule has 2 aromatic rings. The van der Waals surface area contributed by atoms with E-state index < -0.39 is 0 Å². The molecule has 1 aliphatic rings. The summed E-state index contributed by atoms with van der Waals surface area (Å²) >= 11 is 5.42. The van der Waals surface area contributed by atoms with E-state index in [1.165, 1.54) is 10.4 Å². The Morgan fingerprint density at radius 2 is 2.05 bits per heavy atom. The van der Waals surface area contributed by atoms with Crippen molar-refractivity contribution in [2.24, 2.45) is 0 Å². The highest BCUT2D eigenvalue weighted by Gasteiger charge is 2.15. The molecule has 0 radical (unpaired) electrons. The van der Waals surface area contributed by atoms with Crippen LogP contribution in [0.15, 0.2) is 18.2 Å². The van der Waals surface area contributed by atoms with Crippen LogP contribution in [0.2, 0.25) is 0 Å². The third kappa shape index (κ3) is 3.41. The summed E-state index contributed by atoms with van der Waals surface area (Å²) in [7, 11) is 3.40. The van der Waals surface area contributed by atoms with Crippen LogP contribution in [0.25, 0.3) is 10.4 Å². The molecule has 0 amide bonds. The Kier molecular flexibility index (Phi) is 5.25. The Hall–Kier alpha value is -0.790. The molecule has 6 heteroatoms. The molecule has 0 bridgehead atoms. The fourth-order valence-electron chi connectivity index (χ4n) is 2.65. The second-order valence-electron chi connectivity index (χ2n) is 5.35. The van der Waals surface area contributed by atoms with Crippen molar-refractivity contribution in [3.8, 4) is 16.2 Å². The van der Waals surface area contributed by atoms with Gasteiger partial charge >= 0.3 is 0 Å². The molecule has 22 heavy (non-hydrogen) atoms. The molecule has 1 aliphatic heterocycles. The number of nitrogens with zero attached hydrogens (tertiary/aromatic N) is 1. The minimum Gasteiger partial charge on any atom is -0.508 e. The van der Waals surface area contributed by atoms with Crippen molar-refractivity contribution in [2.45, 2.75) is 19.9 Å². The minimum atomic E-state index is 0.368. The molecule has 0 aliphatic carbocycles. The Bertz CT molecular complexity index is 702. The predicted octanol–water partition coefficient (Wildman–Crippen LogP) is 4.31. The molecule has 1 saturated heterocycles. The van der Waals surface area contributed by atoms with Crippen molar-refractivity contribution in [1.29, 1.82) is 0 Å². The molecule has 1 aromatic carbocycles. The van der Waals surface area contributed by atoms with Gasteiger partial charge in [-0.1, -0.05) is 39.8 Å². The second kappa shape index (κ2) is 7.19. The fourth-order valence-corrected chi connectivity index (χ4v) is 5.78. The van der Waals surface area contributed by atoms with Gasteiger partial charge in [0.15, 0.2) is 0 Å². The summed E-state index contributed by atoms with van der Waals surface area (Å²) in [6, 6.07) is 5.90. The van der Waals surface area contributed by atoms with Gasteiger partial charge in [-0.05, 0) is 35.7 Å². The normalized spacial score (nSPS) is 16.0. The lowest BCUT2D eigenvalue weighted by atomic mass is 10.0. The number of rotatable bonds is 4. The maximum atomic E-state index is 10.2. The third-order valence-electron chi connectivity index (χ3n) is 3.91. The Balaban J connectivity index is 1.90. The highest BCUT2D eigenvalue weighted by Crippen LogP contribution is 2.36. The average molecular weight is 354 g/mol. The van der Waals surface area contributed by atoms with Crippen molar-refractivity contribution >= 4 is 32.9 Å². The lowest BCUT2D eigenvalue weighted by molar-refractivity contribution is 0.0339. The first-order chi connectivity index (χ1) is 10.7. The van der Waals surface area contributed by atoms with Crippen LogP contribution >= 0.6 is 32.9 Å². The van der Waals surface area contributed by atoms with Gasteiger partial charge in [-0.15, -0.1) is 0 Å². The van der Waals surface area contributed by atoms with E-state index in [9.17, 15) is 5.11 Å². The van der Waals surface area contributed by atoms with Gasteiger partial charge in [-0.25, -0.2) is 0 Å². The highest BCUT2D eigenvalue weighted by atomic mass is 32.9. The van der Waals surface area contributed by atoms with E-state index in [1.807, 2.05) is 6.07 Å². The standard InChI is InChI=1S/C16H19NO2S3/c1-2-13-15(21-22-16(13)20)11-3-4-14(18)12(9-11)10-17-5-7-19-8-6-17/h3-4,9,18H,2,5-8,10H2,1H3. The first-order valence-corrected chi connectivity index (χ1v) is 9.99. The summed E-state index contributed by atoms with van der Waals surface area (Å²) < 4.78 is 6.37.